The van der Waals surface area contributed by atoms with Crippen LogP contribution in [0.1, 0.15) is 43.5 Å². The zero-order valence-electron chi connectivity index (χ0n) is 23.5. The first-order chi connectivity index (χ1) is 20.7. The maximum Gasteiger partial charge on any atom is 0.338 e. The van der Waals surface area contributed by atoms with Gasteiger partial charge < -0.3 is 14.2 Å². The highest BCUT2D eigenvalue weighted by atomic mass is 35.5. The zero-order chi connectivity index (χ0) is 30.7. The topological polar surface area (TPSA) is 79.1 Å². The fourth-order valence-corrected chi connectivity index (χ4v) is 6.40. The van der Waals surface area contributed by atoms with Crippen LogP contribution in [-0.2, 0) is 16.1 Å². The number of hydrogen-bond acceptors (Lipinski definition) is 7. The van der Waals surface area contributed by atoms with Gasteiger partial charge in [0.1, 0.15) is 18.1 Å². The molecular weight excluding hydrogens is 631 g/mol. The maximum absolute atomic E-state index is 14.0. The van der Waals surface area contributed by atoms with E-state index < -0.39 is 12.0 Å². The largest absolute Gasteiger partial charge is 0.494 e. The van der Waals surface area contributed by atoms with Crippen molar-refractivity contribution in [2.24, 2.45) is 4.99 Å². The quantitative estimate of drug-likeness (QED) is 0.187. The number of carbonyl (C=O) groups excluding carboxylic acids is 1. The number of allylic oxidation sites excluding steroid dienone is 1. The molecule has 3 aromatic carbocycles. The molecule has 0 aliphatic carbocycles. The van der Waals surface area contributed by atoms with Crippen LogP contribution < -0.4 is 24.4 Å². The van der Waals surface area contributed by atoms with Gasteiger partial charge in [-0.1, -0.05) is 64.3 Å². The lowest BCUT2D eigenvalue weighted by atomic mass is 9.96. The minimum atomic E-state index is -0.741. The van der Waals surface area contributed by atoms with E-state index in [-0.39, 0.29) is 18.8 Å². The lowest BCUT2D eigenvalue weighted by Gasteiger charge is -2.24. The average Bonchev–Trinajstić information content (AvgIpc) is 3.27. The number of hydrogen-bond donors (Lipinski definition) is 0. The Kier molecular flexibility index (Phi) is 9.62. The van der Waals surface area contributed by atoms with E-state index in [0.29, 0.717) is 59.3 Å². The molecule has 7 nitrogen and oxygen atoms in total. The number of esters is 1. The number of fused-ring (bicyclic) bond motifs is 1. The SMILES string of the molecule is CCOC(=O)C1=C(C)N=c2s/c(=C\c3cc(Cl)ccc3OCc3ccc(Cl)cc3Cl)c(=O)n2[C@@H]1c1ccc(OCC)cc1. The molecule has 0 fully saturated rings. The molecule has 0 unspecified atom stereocenters. The molecule has 0 amide bonds. The molecule has 1 atom stereocenters. The van der Waals surface area contributed by atoms with Gasteiger partial charge in [0.05, 0.1) is 35.1 Å². The van der Waals surface area contributed by atoms with Crippen molar-refractivity contribution >= 4 is 58.2 Å². The Balaban J connectivity index is 1.60. The second-order valence-corrected chi connectivity index (χ2v) is 11.8. The Morgan fingerprint density at radius 2 is 1.70 bits per heavy atom. The van der Waals surface area contributed by atoms with Gasteiger partial charge in [-0.2, -0.15) is 0 Å². The Morgan fingerprint density at radius 3 is 2.40 bits per heavy atom. The second kappa shape index (κ2) is 13.4. The van der Waals surface area contributed by atoms with E-state index in [1.807, 2.05) is 31.2 Å². The van der Waals surface area contributed by atoms with E-state index in [9.17, 15) is 9.59 Å². The minimum Gasteiger partial charge on any atom is -0.494 e. The Hall–Kier alpha value is -3.56. The zero-order valence-corrected chi connectivity index (χ0v) is 26.6. The summed E-state index contributed by atoms with van der Waals surface area (Å²) in [6, 6.07) is 16.9. The first-order valence-corrected chi connectivity index (χ1v) is 15.4. The lowest BCUT2D eigenvalue weighted by Crippen LogP contribution is -2.39. The Morgan fingerprint density at radius 1 is 0.977 bits per heavy atom. The van der Waals surface area contributed by atoms with Gasteiger partial charge >= 0.3 is 5.97 Å². The van der Waals surface area contributed by atoms with Gasteiger partial charge in [0.25, 0.3) is 5.56 Å². The number of nitrogens with zero attached hydrogens (tertiary/aromatic N) is 2. The predicted molar refractivity (Wildman–Crippen MR) is 170 cm³/mol. The summed E-state index contributed by atoms with van der Waals surface area (Å²) in [5.41, 5.74) is 2.54. The van der Waals surface area contributed by atoms with Gasteiger partial charge in [-0.15, -0.1) is 0 Å². The van der Waals surface area contributed by atoms with Crippen LogP contribution in [0.2, 0.25) is 15.1 Å². The molecule has 0 radical (unpaired) electrons. The molecular formula is C32H27Cl3N2O5S. The summed E-state index contributed by atoms with van der Waals surface area (Å²) in [6.07, 6.45) is 1.72. The minimum absolute atomic E-state index is 0.180. The molecule has 1 aromatic heterocycles. The molecule has 1 aliphatic heterocycles. The van der Waals surface area contributed by atoms with E-state index in [2.05, 4.69) is 4.99 Å². The summed E-state index contributed by atoms with van der Waals surface area (Å²) in [6.45, 7) is 6.27. The van der Waals surface area contributed by atoms with Crippen LogP contribution in [0.25, 0.3) is 6.08 Å². The van der Waals surface area contributed by atoms with Gasteiger partial charge in [-0.25, -0.2) is 9.79 Å². The number of thiazole rings is 1. The van der Waals surface area contributed by atoms with E-state index in [0.717, 1.165) is 11.1 Å². The summed E-state index contributed by atoms with van der Waals surface area (Å²) >= 11 is 19.9. The van der Waals surface area contributed by atoms with Crippen LogP contribution in [0, 0.1) is 0 Å². The number of aromatic nitrogens is 1. The van der Waals surface area contributed by atoms with Gasteiger partial charge in [-0.3, -0.25) is 9.36 Å². The molecule has 11 heteroatoms. The van der Waals surface area contributed by atoms with Crippen LogP contribution in [0.4, 0.5) is 0 Å². The molecule has 0 bridgehead atoms. The van der Waals surface area contributed by atoms with E-state index in [4.69, 9.17) is 49.0 Å². The standard InChI is InChI=1S/C32H27Cl3N2O5S/c1-4-40-24-11-7-19(8-12-24)29-28(31(39)41-5-2)18(3)36-32-37(29)30(38)27(43-32)15-21-14-22(33)10-13-26(21)42-17-20-6-9-23(34)16-25(20)35/h6-16,29H,4-5,17H2,1-3H3/b27-15-/t29-/m1/s1. The molecule has 0 saturated carbocycles. The van der Waals surface area contributed by atoms with Crippen molar-refractivity contribution in [2.45, 2.75) is 33.4 Å². The molecule has 0 spiro atoms. The highest BCUT2D eigenvalue weighted by Crippen LogP contribution is 2.32. The van der Waals surface area contributed by atoms with E-state index in [1.165, 1.54) is 15.9 Å². The summed E-state index contributed by atoms with van der Waals surface area (Å²) < 4.78 is 19.0. The predicted octanol–water partition coefficient (Wildman–Crippen LogP) is 6.74. The average molecular weight is 658 g/mol. The van der Waals surface area contributed by atoms with Crippen molar-refractivity contribution in [1.82, 2.24) is 4.57 Å². The third-order valence-corrected chi connectivity index (χ3v) is 8.49. The summed E-state index contributed by atoms with van der Waals surface area (Å²) in [5.74, 6) is 0.668. The molecule has 2 heterocycles. The molecule has 1 aliphatic rings. The number of ether oxygens (including phenoxy) is 3. The van der Waals surface area contributed by atoms with Crippen molar-refractivity contribution in [1.29, 1.82) is 0 Å². The normalized spacial score (nSPS) is 14.7. The fourth-order valence-electron chi connectivity index (χ4n) is 4.72. The van der Waals surface area contributed by atoms with Crippen molar-refractivity contribution in [3.63, 3.8) is 0 Å². The number of halogens is 3. The monoisotopic (exact) mass is 656 g/mol. The summed E-state index contributed by atoms with van der Waals surface area (Å²) in [4.78, 5) is 32.3. The highest BCUT2D eigenvalue weighted by Gasteiger charge is 2.33. The molecule has 0 N–H and O–H groups in total. The summed E-state index contributed by atoms with van der Waals surface area (Å²) in [5, 5.41) is 1.49. The van der Waals surface area contributed by atoms with Gasteiger partial charge in [0.2, 0.25) is 0 Å². The first-order valence-electron chi connectivity index (χ1n) is 13.5. The molecule has 43 heavy (non-hydrogen) atoms. The van der Waals surface area contributed by atoms with Crippen molar-refractivity contribution < 1.29 is 19.0 Å². The molecule has 5 rings (SSSR count). The molecule has 0 saturated heterocycles. The lowest BCUT2D eigenvalue weighted by molar-refractivity contribution is -0.139. The smallest absolute Gasteiger partial charge is 0.338 e. The van der Waals surface area contributed by atoms with E-state index >= 15 is 0 Å². The molecule has 222 valence electrons. The number of benzene rings is 3. The third-order valence-electron chi connectivity index (χ3n) is 6.68. The number of rotatable bonds is 9. The Labute approximate surface area is 267 Å². The second-order valence-electron chi connectivity index (χ2n) is 9.51. The third kappa shape index (κ3) is 6.68. The first kappa shape index (κ1) is 30.9. The van der Waals surface area contributed by atoms with Crippen LogP contribution in [0.3, 0.4) is 0 Å². The molecule has 4 aromatic rings. The van der Waals surface area contributed by atoms with Crippen LogP contribution in [-0.4, -0.2) is 23.8 Å². The maximum atomic E-state index is 14.0. The van der Waals surface area contributed by atoms with Crippen molar-refractivity contribution in [3.05, 3.63) is 123 Å². The van der Waals surface area contributed by atoms with Gasteiger partial charge in [-0.05, 0) is 74.9 Å². The van der Waals surface area contributed by atoms with Crippen LogP contribution >= 0.6 is 46.1 Å². The van der Waals surface area contributed by atoms with Crippen LogP contribution in [0.5, 0.6) is 11.5 Å². The summed E-state index contributed by atoms with van der Waals surface area (Å²) in [7, 11) is 0. The van der Waals surface area contributed by atoms with Crippen molar-refractivity contribution in [3.8, 4) is 11.5 Å². The number of carbonyl (C=O) groups is 1. The van der Waals surface area contributed by atoms with Crippen molar-refractivity contribution in [2.75, 3.05) is 13.2 Å². The van der Waals surface area contributed by atoms with Crippen LogP contribution in [0.15, 0.2) is 81.7 Å². The van der Waals surface area contributed by atoms with E-state index in [1.54, 1.807) is 56.3 Å². The van der Waals surface area contributed by atoms with Gasteiger partial charge in [0.15, 0.2) is 4.80 Å². The fraction of sp³-hybridized carbons (Fsp3) is 0.219. The van der Waals surface area contributed by atoms with Gasteiger partial charge in [0, 0.05) is 26.2 Å². The highest BCUT2D eigenvalue weighted by molar-refractivity contribution is 7.07. The Bertz CT molecular complexity index is 1900.